The quantitative estimate of drug-likeness (QED) is 0.356. The summed E-state index contributed by atoms with van der Waals surface area (Å²) in [5, 5.41) is 8.83. The zero-order chi connectivity index (χ0) is 23.9. The maximum absolute atomic E-state index is 12.2. The Kier molecular flexibility index (Phi) is 11.8. The van der Waals surface area contributed by atoms with E-state index in [0.717, 1.165) is 61.4 Å². The molecule has 3 N–H and O–H groups in total. The number of amides is 2. The summed E-state index contributed by atoms with van der Waals surface area (Å²) in [7, 11) is 5.18. The maximum Gasteiger partial charge on any atom is 0.224 e. The number of rotatable bonds is 15. The Bertz CT molecular complexity index is 886. The molecular weight excluding hydrogens is 418 g/mol. The summed E-state index contributed by atoms with van der Waals surface area (Å²) >= 11 is 0. The Morgan fingerprint density at radius 1 is 0.788 bits per heavy atom. The van der Waals surface area contributed by atoms with Gasteiger partial charge in [-0.3, -0.25) is 9.59 Å². The van der Waals surface area contributed by atoms with Crippen molar-refractivity contribution >= 4 is 17.5 Å². The van der Waals surface area contributed by atoms with Crippen LogP contribution >= 0.6 is 0 Å². The normalized spacial score (nSPS) is 10.5. The lowest BCUT2D eigenvalue weighted by molar-refractivity contribution is -0.124. The average Bonchev–Trinajstić information content (AvgIpc) is 2.82. The van der Waals surface area contributed by atoms with Gasteiger partial charge in [-0.15, -0.1) is 0 Å². The number of methoxy groups -OCH3 is 2. The van der Waals surface area contributed by atoms with Crippen molar-refractivity contribution in [3.05, 3.63) is 53.6 Å². The number of aryl methyl sites for hydroxylation is 2. The molecule has 0 aliphatic carbocycles. The van der Waals surface area contributed by atoms with E-state index < -0.39 is 0 Å². The first-order valence-electron chi connectivity index (χ1n) is 11.6. The van der Waals surface area contributed by atoms with Gasteiger partial charge >= 0.3 is 0 Å². The Morgan fingerprint density at radius 2 is 1.48 bits per heavy atom. The highest BCUT2D eigenvalue weighted by Crippen LogP contribution is 2.28. The predicted octanol–water partition coefficient (Wildman–Crippen LogP) is 3.71. The molecule has 0 aliphatic heterocycles. The first kappa shape index (κ1) is 26.2. The zero-order valence-electron chi connectivity index (χ0n) is 20.0. The standard InChI is InChI=1S/C26H37N3O4/c1-27-16-4-5-17-28-25(30)14-15-26(31)29-22-11-7-10-20(18-22)8-6-9-21-12-13-23(32-2)24(19-21)33-3/h7,10-13,18-19,27H,4-6,8-9,14-17H2,1-3H3,(H,28,30)(H,29,31). The highest BCUT2D eigenvalue weighted by molar-refractivity contribution is 5.93. The van der Waals surface area contributed by atoms with Gasteiger partial charge in [-0.05, 0) is 81.1 Å². The number of unbranched alkanes of at least 4 members (excludes halogenated alkanes) is 1. The lowest BCUT2D eigenvalue weighted by atomic mass is 10.0. The molecular formula is C26H37N3O4. The van der Waals surface area contributed by atoms with Crippen LogP contribution in [0.1, 0.15) is 43.2 Å². The summed E-state index contributed by atoms with van der Waals surface area (Å²) in [4.78, 5) is 24.1. The van der Waals surface area contributed by atoms with Crippen LogP contribution in [-0.4, -0.2) is 46.2 Å². The highest BCUT2D eigenvalue weighted by Gasteiger charge is 2.08. The number of ether oxygens (including phenoxy) is 2. The molecule has 2 aromatic carbocycles. The Labute approximate surface area is 197 Å². The molecule has 0 atom stereocenters. The van der Waals surface area contributed by atoms with Gasteiger partial charge < -0.3 is 25.4 Å². The van der Waals surface area contributed by atoms with Gasteiger partial charge in [-0.25, -0.2) is 0 Å². The third-order valence-electron chi connectivity index (χ3n) is 5.34. The zero-order valence-corrected chi connectivity index (χ0v) is 20.0. The SMILES string of the molecule is CNCCCCNC(=O)CCC(=O)Nc1cccc(CCCc2ccc(OC)c(OC)c2)c1. The Hall–Kier alpha value is -3.06. The number of anilines is 1. The predicted molar refractivity (Wildman–Crippen MR) is 132 cm³/mol. The fourth-order valence-corrected chi connectivity index (χ4v) is 3.53. The third kappa shape index (κ3) is 9.95. The molecule has 33 heavy (non-hydrogen) atoms. The van der Waals surface area contributed by atoms with Crippen LogP contribution in [0.2, 0.25) is 0 Å². The van der Waals surface area contributed by atoms with Crippen LogP contribution in [0.3, 0.4) is 0 Å². The topological polar surface area (TPSA) is 88.7 Å². The van der Waals surface area contributed by atoms with E-state index in [-0.39, 0.29) is 24.7 Å². The first-order chi connectivity index (χ1) is 16.0. The van der Waals surface area contributed by atoms with Crippen molar-refractivity contribution in [3.63, 3.8) is 0 Å². The van der Waals surface area contributed by atoms with Crippen LogP contribution in [-0.2, 0) is 22.4 Å². The molecule has 0 bridgehead atoms. The number of nitrogens with one attached hydrogen (secondary N) is 3. The molecule has 7 heteroatoms. The van der Waals surface area contributed by atoms with Crippen molar-refractivity contribution in [2.75, 3.05) is 39.7 Å². The molecule has 7 nitrogen and oxygen atoms in total. The lowest BCUT2D eigenvalue weighted by Gasteiger charge is -2.10. The largest absolute Gasteiger partial charge is 0.493 e. The molecule has 2 rings (SSSR count). The van der Waals surface area contributed by atoms with Crippen LogP contribution in [0.15, 0.2) is 42.5 Å². The minimum Gasteiger partial charge on any atom is -0.493 e. The van der Waals surface area contributed by atoms with Crippen molar-refractivity contribution in [3.8, 4) is 11.5 Å². The average molecular weight is 456 g/mol. The number of carbonyl (C=O) groups excluding carboxylic acids is 2. The van der Waals surface area contributed by atoms with Crippen LogP contribution in [0.4, 0.5) is 5.69 Å². The molecule has 2 amide bonds. The summed E-state index contributed by atoms with van der Waals surface area (Å²) in [5.74, 6) is 1.23. The van der Waals surface area contributed by atoms with Gasteiger partial charge in [0.1, 0.15) is 0 Å². The van der Waals surface area contributed by atoms with E-state index >= 15 is 0 Å². The van der Waals surface area contributed by atoms with Gasteiger partial charge in [0.2, 0.25) is 11.8 Å². The molecule has 0 aliphatic rings. The first-order valence-corrected chi connectivity index (χ1v) is 11.6. The van der Waals surface area contributed by atoms with Gasteiger partial charge in [0.15, 0.2) is 11.5 Å². The minimum atomic E-state index is -0.150. The van der Waals surface area contributed by atoms with E-state index in [2.05, 4.69) is 28.1 Å². The molecule has 0 radical (unpaired) electrons. The van der Waals surface area contributed by atoms with Gasteiger partial charge in [-0.1, -0.05) is 18.2 Å². The van der Waals surface area contributed by atoms with Crippen LogP contribution in [0.25, 0.3) is 0 Å². The van der Waals surface area contributed by atoms with Gasteiger partial charge in [-0.2, -0.15) is 0 Å². The van der Waals surface area contributed by atoms with E-state index in [1.165, 1.54) is 5.56 Å². The number of carbonyl (C=O) groups is 2. The molecule has 0 fully saturated rings. The van der Waals surface area contributed by atoms with Gasteiger partial charge in [0, 0.05) is 25.1 Å². The van der Waals surface area contributed by atoms with Crippen molar-refractivity contribution < 1.29 is 19.1 Å². The molecule has 0 saturated heterocycles. The summed E-state index contributed by atoms with van der Waals surface area (Å²) < 4.78 is 10.7. The maximum atomic E-state index is 12.2. The van der Waals surface area contributed by atoms with Gasteiger partial charge in [0.25, 0.3) is 0 Å². The third-order valence-corrected chi connectivity index (χ3v) is 5.34. The molecule has 0 heterocycles. The Morgan fingerprint density at radius 3 is 2.21 bits per heavy atom. The minimum absolute atomic E-state index is 0.0847. The Balaban J connectivity index is 1.73. The van der Waals surface area contributed by atoms with E-state index in [4.69, 9.17) is 9.47 Å². The summed E-state index contributed by atoms with van der Waals surface area (Å²) in [6.07, 6.45) is 5.10. The summed E-state index contributed by atoms with van der Waals surface area (Å²) in [5.41, 5.74) is 3.11. The second-order valence-electron chi connectivity index (χ2n) is 7.95. The molecule has 0 unspecified atom stereocenters. The number of hydrogen-bond donors (Lipinski definition) is 3. The number of benzene rings is 2. The fourth-order valence-electron chi connectivity index (χ4n) is 3.53. The smallest absolute Gasteiger partial charge is 0.224 e. The van der Waals surface area contributed by atoms with Crippen LogP contribution in [0.5, 0.6) is 11.5 Å². The monoisotopic (exact) mass is 455 g/mol. The van der Waals surface area contributed by atoms with E-state index in [1.54, 1.807) is 14.2 Å². The second-order valence-corrected chi connectivity index (χ2v) is 7.95. The lowest BCUT2D eigenvalue weighted by Crippen LogP contribution is -2.26. The summed E-state index contributed by atoms with van der Waals surface area (Å²) in [6, 6.07) is 13.9. The van der Waals surface area contributed by atoms with Gasteiger partial charge in [0.05, 0.1) is 14.2 Å². The molecule has 0 spiro atoms. The van der Waals surface area contributed by atoms with Crippen LogP contribution < -0.4 is 25.4 Å². The second kappa shape index (κ2) is 14.9. The molecule has 180 valence electrons. The molecule has 0 saturated carbocycles. The molecule has 2 aromatic rings. The van der Waals surface area contributed by atoms with Crippen molar-refractivity contribution in [1.29, 1.82) is 0 Å². The van der Waals surface area contributed by atoms with E-state index in [0.29, 0.717) is 6.54 Å². The van der Waals surface area contributed by atoms with Crippen molar-refractivity contribution in [2.45, 2.75) is 44.9 Å². The van der Waals surface area contributed by atoms with E-state index in [9.17, 15) is 9.59 Å². The van der Waals surface area contributed by atoms with Crippen molar-refractivity contribution in [1.82, 2.24) is 10.6 Å². The number of hydrogen-bond acceptors (Lipinski definition) is 5. The molecule has 0 aromatic heterocycles. The van der Waals surface area contributed by atoms with Crippen LogP contribution in [0, 0.1) is 0 Å². The fraction of sp³-hybridized carbons (Fsp3) is 0.462. The highest BCUT2D eigenvalue weighted by atomic mass is 16.5. The summed E-state index contributed by atoms with van der Waals surface area (Å²) in [6.45, 7) is 1.58. The van der Waals surface area contributed by atoms with Crippen molar-refractivity contribution in [2.24, 2.45) is 0 Å². The van der Waals surface area contributed by atoms with E-state index in [1.807, 2.05) is 37.4 Å².